The highest BCUT2D eigenvalue weighted by atomic mass is 16.5. The van der Waals surface area contributed by atoms with E-state index < -0.39 is 17.7 Å². The van der Waals surface area contributed by atoms with Crippen LogP contribution in [0.5, 0.6) is 5.75 Å². The van der Waals surface area contributed by atoms with E-state index in [2.05, 4.69) is 4.98 Å². The summed E-state index contributed by atoms with van der Waals surface area (Å²) in [7, 11) is 0. The number of amides is 1. The molecular weight excluding hydrogens is 476 g/mol. The van der Waals surface area contributed by atoms with Crippen molar-refractivity contribution in [1.29, 1.82) is 0 Å². The third kappa shape index (κ3) is 5.06. The molecule has 2 heterocycles. The van der Waals surface area contributed by atoms with E-state index in [9.17, 15) is 14.7 Å². The molecule has 1 fully saturated rings. The lowest BCUT2D eigenvalue weighted by Crippen LogP contribution is -2.29. The third-order valence-electron chi connectivity index (χ3n) is 6.71. The number of aryl methyl sites for hydroxylation is 2. The van der Waals surface area contributed by atoms with Crippen molar-refractivity contribution in [3.05, 3.63) is 136 Å². The number of benzene rings is 3. The van der Waals surface area contributed by atoms with Crippen molar-refractivity contribution in [3.63, 3.8) is 0 Å². The first kappa shape index (κ1) is 25.0. The fourth-order valence-corrected chi connectivity index (χ4v) is 4.70. The number of rotatable bonds is 7. The molecule has 1 N–H and O–H groups in total. The second-order valence-electron chi connectivity index (χ2n) is 9.45. The standard InChI is InChI=1S/C32H28N2O4/c1-21-10-12-25(13-11-21)29-28(31(36)32(37)34(29)19-24-9-6-16-33-18-24)30(35)27-15-14-26(17-22(27)2)38-20-23-7-4-3-5-8-23/h3-18,29,35H,19-20H2,1-2H3/t29-/m1/s1. The maximum absolute atomic E-state index is 13.4. The molecule has 0 spiro atoms. The van der Waals surface area contributed by atoms with Gasteiger partial charge in [-0.3, -0.25) is 14.6 Å². The monoisotopic (exact) mass is 504 g/mol. The van der Waals surface area contributed by atoms with Crippen LogP contribution in [-0.2, 0) is 22.7 Å². The summed E-state index contributed by atoms with van der Waals surface area (Å²) < 4.78 is 5.92. The zero-order chi connectivity index (χ0) is 26.6. The van der Waals surface area contributed by atoms with Crippen molar-refractivity contribution in [2.24, 2.45) is 0 Å². The van der Waals surface area contributed by atoms with Gasteiger partial charge >= 0.3 is 0 Å². The minimum atomic E-state index is -0.732. The van der Waals surface area contributed by atoms with Crippen LogP contribution in [0.25, 0.3) is 5.76 Å². The minimum Gasteiger partial charge on any atom is -0.507 e. The van der Waals surface area contributed by atoms with Gasteiger partial charge in [0.1, 0.15) is 18.1 Å². The molecule has 0 unspecified atom stereocenters. The molecule has 1 amide bonds. The van der Waals surface area contributed by atoms with Crippen LogP contribution >= 0.6 is 0 Å². The van der Waals surface area contributed by atoms with E-state index in [1.807, 2.05) is 80.6 Å². The van der Waals surface area contributed by atoms with Crippen LogP contribution in [0.3, 0.4) is 0 Å². The Labute approximate surface area is 221 Å². The van der Waals surface area contributed by atoms with E-state index >= 15 is 0 Å². The topological polar surface area (TPSA) is 79.7 Å². The predicted molar refractivity (Wildman–Crippen MR) is 145 cm³/mol. The van der Waals surface area contributed by atoms with Gasteiger partial charge in [-0.05, 0) is 60.4 Å². The van der Waals surface area contributed by atoms with Gasteiger partial charge in [0.15, 0.2) is 0 Å². The van der Waals surface area contributed by atoms with Gasteiger partial charge in [-0.2, -0.15) is 0 Å². The van der Waals surface area contributed by atoms with Crippen molar-refractivity contribution in [3.8, 4) is 5.75 Å². The molecule has 1 aliphatic heterocycles. The van der Waals surface area contributed by atoms with Gasteiger partial charge in [-0.1, -0.05) is 66.2 Å². The number of aliphatic hydroxyl groups excluding tert-OH is 1. The number of aliphatic hydroxyl groups is 1. The highest BCUT2D eigenvalue weighted by Gasteiger charge is 2.46. The quantitative estimate of drug-likeness (QED) is 0.193. The molecule has 0 aliphatic carbocycles. The highest BCUT2D eigenvalue weighted by Crippen LogP contribution is 2.41. The van der Waals surface area contributed by atoms with Crippen LogP contribution < -0.4 is 4.74 Å². The SMILES string of the molecule is Cc1ccc([C@@H]2C(=C(O)c3ccc(OCc4ccccc4)cc3C)C(=O)C(=O)N2Cc2cccnc2)cc1. The summed E-state index contributed by atoms with van der Waals surface area (Å²) in [5.41, 5.74) is 4.93. The van der Waals surface area contributed by atoms with Gasteiger partial charge in [-0.25, -0.2) is 0 Å². The molecule has 190 valence electrons. The summed E-state index contributed by atoms with van der Waals surface area (Å²) in [5, 5.41) is 11.5. The molecule has 4 aromatic rings. The number of aromatic nitrogens is 1. The number of nitrogens with zero attached hydrogens (tertiary/aromatic N) is 2. The Morgan fingerprint density at radius 3 is 2.34 bits per heavy atom. The summed E-state index contributed by atoms with van der Waals surface area (Å²) in [6.07, 6.45) is 3.33. The summed E-state index contributed by atoms with van der Waals surface area (Å²) in [5.74, 6) is -0.910. The van der Waals surface area contributed by atoms with E-state index in [0.717, 1.165) is 27.8 Å². The lowest BCUT2D eigenvalue weighted by Gasteiger charge is -2.25. The summed E-state index contributed by atoms with van der Waals surface area (Å²) >= 11 is 0. The Morgan fingerprint density at radius 2 is 1.66 bits per heavy atom. The van der Waals surface area contributed by atoms with Gasteiger partial charge < -0.3 is 14.7 Å². The molecule has 6 nitrogen and oxygen atoms in total. The molecule has 0 bridgehead atoms. The van der Waals surface area contributed by atoms with E-state index in [-0.39, 0.29) is 17.9 Å². The van der Waals surface area contributed by atoms with Crippen LogP contribution in [-0.4, -0.2) is 26.7 Å². The number of hydrogen-bond donors (Lipinski definition) is 1. The van der Waals surface area contributed by atoms with Crippen molar-refractivity contribution >= 4 is 17.4 Å². The molecule has 1 aliphatic rings. The van der Waals surface area contributed by atoms with Crippen LogP contribution in [0.1, 0.15) is 39.4 Å². The number of hydrogen-bond acceptors (Lipinski definition) is 5. The molecule has 1 aromatic heterocycles. The average Bonchev–Trinajstić information content (AvgIpc) is 3.18. The van der Waals surface area contributed by atoms with E-state index in [0.29, 0.717) is 17.9 Å². The van der Waals surface area contributed by atoms with E-state index in [1.54, 1.807) is 30.6 Å². The number of pyridine rings is 1. The first-order valence-electron chi connectivity index (χ1n) is 12.4. The molecule has 3 aromatic carbocycles. The molecular formula is C32H28N2O4. The fraction of sp³-hybridized carbons (Fsp3) is 0.156. The van der Waals surface area contributed by atoms with Gasteiger partial charge in [0.05, 0.1) is 11.6 Å². The van der Waals surface area contributed by atoms with E-state index in [4.69, 9.17) is 4.74 Å². The molecule has 0 radical (unpaired) electrons. The first-order valence-corrected chi connectivity index (χ1v) is 12.4. The number of carbonyl (C=O) groups excluding carboxylic acids is 2. The molecule has 38 heavy (non-hydrogen) atoms. The minimum absolute atomic E-state index is 0.0730. The van der Waals surface area contributed by atoms with Crippen molar-refractivity contribution in [1.82, 2.24) is 9.88 Å². The Bertz CT molecular complexity index is 1500. The summed E-state index contributed by atoms with van der Waals surface area (Å²) in [4.78, 5) is 32.3. The van der Waals surface area contributed by atoms with Gasteiger partial charge in [0.2, 0.25) is 0 Å². The van der Waals surface area contributed by atoms with Gasteiger partial charge in [0, 0.05) is 24.5 Å². The van der Waals surface area contributed by atoms with E-state index in [1.165, 1.54) is 4.90 Å². The molecule has 1 saturated heterocycles. The van der Waals surface area contributed by atoms with Crippen LogP contribution in [0, 0.1) is 13.8 Å². The number of ketones is 1. The van der Waals surface area contributed by atoms with Crippen molar-refractivity contribution in [2.75, 3.05) is 0 Å². The smallest absolute Gasteiger partial charge is 0.295 e. The maximum atomic E-state index is 13.4. The number of ether oxygens (including phenoxy) is 1. The highest BCUT2D eigenvalue weighted by molar-refractivity contribution is 6.46. The second-order valence-corrected chi connectivity index (χ2v) is 9.45. The summed E-state index contributed by atoms with van der Waals surface area (Å²) in [6.45, 7) is 4.43. The maximum Gasteiger partial charge on any atom is 0.295 e. The van der Waals surface area contributed by atoms with Crippen molar-refractivity contribution in [2.45, 2.75) is 33.0 Å². The fourth-order valence-electron chi connectivity index (χ4n) is 4.70. The molecule has 0 saturated carbocycles. The Balaban J connectivity index is 1.52. The second kappa shape index (κ2) is 10.7. The Hall–Kier alpha value is -4.71. The molecule has 5 rings (SSSR count). The average molecular weight is 505 g/mol. The normalized spacial score (nSPS) is 16.6. The summed E-state index contributed by atoms with van der Waals surface area (Å²) in [6, 6.07) is 25.7. The van der Waals surface area contributed by atoms with Gasteiger partial charge in [0.25, 0.3) is 11.7 Å². The van der Waals surface area contributed by atoms with Crippen LogP contribution in [0.15, 0.2) is 103 Å². The predicted octanol–water partition coefficient (Wildman–Crippen LogP) is 5.90. The van der Waals surface area contributed by atoms with Crippen LogP contribution in [0.4, 0.5) is 0 Å². The first-order chi connectivity index (χ1) is 18.4. The number of likely N-dealkylation sites (tertiary alicyclic amines) is 1. The largest absolute Gasteiger partial charge is 0.507 e. The molecule has 1 atom stereocenters. The van der Waals surface area contributed by atoms with Gasteiger partial charge in [-0.15, -0.1) is 0 Å². The lowest BCUT2D eigenvalue weighted by atomic mass is 9.93. The molecule has 6 heteroatoms. The zero-order valence-corrected chi connectivity index (χ0v) is 21.3. The number of Topliss-reactive ketones (excluding diaryl/α,β-unsaturated/α-hetero) is 1. The Morgan fingerprint density at radius 1 is 0.921 bits per heavy atom. The zero-order valence-electron chi connectivity index (χ0n) is 21.3. The van der Waals surface area contributed by atoms with Crippen LogP contribution in [0.2, 0.25) is 0 Å². The lowest BCUT2D eigenvalue weighted by molar-refractivity contribution is -0.140. The number of carbonyl (C=O) groups is 2. The van der Waals surface area contributed by atoms with Crippen molar-refractivity contribution < 1.29 is 19.4 Å². The Kier molecular flexibility index (Phi) is 7.05. The third-order valence-corrected chi connectivity index (χ3v) is 6.71.